The summed E-state index contributed by atoms with van der Waals surface area (Å²) >= 11 is 0. The first-order valence-corrected chi connectivity index (χ1v) is 7.82. The summed E-state index contributed by atoms with van der Waals surface area (Å²) in [6.07, 6.45) is 1.69. The van der Waals surface area contributed by atoms with Crippen LogP contribution in [0.4, 0.5) is 0 Å². The van der Waals surface area contributed by atoms with Gasteiger partial charge in [-0.25, -0.2) is 0 Å². The van der Waals surface area contributed by atoms with Crippen LogP contribution in [0.1, 0.15) is 11.1 Å². The third-order valence-corrected chi connectivity index (χ3v) is 3.50. The maximum Gasteiger partial charge on any atom is 0.260 e. The second-order valence-corrected chi connectivity index (χ2v) is 5.39. The van der Waals surface area contributed by atoms with Gasteiger partial charge in [-0.15, -0.1) is 0 Å². The zero-order valence-corrected chi connectivity index (χ0v) is 14.1. The quantitative estimate of drug-likeness (QED) is 0.695. The number of nitrogens with zero attached hydrogens (tertiary/aromatic N) is 2. The molecule has 0 unspecified atom stereocenters. The average Bonchev–Trinajstić information content (AvgIpc) is 2.65. The number of carbonyl (C=O) groups is 1. The third-order valence-electron chi connectivity index (χ3n) is 3.50. The molecule has 0 aliphatic heterocycles. The van der Waals surface area contributed by atoms with Gasteiger partial charge in [0, 0.05) is 13.6 Å². The van der Waals surface area contributed by atoms with Crippen molar-refractivity contribution in [1.29, 1.82) is 5.26 Å². The lowest BCUT2D eigenvalue weighted by Gasteiger charge is -2.18. The van der Waals surface area contributed by atoms with E-state index in [2.05, 4.69) is 6.58 Å². The van der Waals surface area contributed by atoms with Crippen LogP contribution in [0, 0.1) is 11.3 Å². The Hall–Kier alpha value is -3.26. The number of likely N-dealkylation sites (N-methyl/N-ethyl adjacent to an activating group) is 1. The Kier molecular flexibility index (Phi) is 6.61. The number of nitriles is 1. The number of hydrogen-bond donors (Lipinski definition) is 0. The Morgan fingerprint density at radius 1 is 1.20 bits per heavy atom. The van der Waals surface area contributed by atoms with E-state index in [9.17, 15) is 4.79 Å². The molecule has 0 atom stereocenters. The van der Waals surface area contributed by atoms with E-state index < -0.39 is 0 Å². The van der Waals surface area contributed by atoms with Crippen molar-refractivity contribution in [2.75, 3.05) is 20.3 Å². The van der Waals surface area contributed by atoms with Gasteiger partial charge >= 0.3 is 0 Å². The van der Waals surface area contributed by atoms with Crippen molar-refractivity contribution in [3.63, 3.8) is 0 Å². The average molecular weight is 336 g/mol. The van der Waals surface area contributed by atoms with E-state index in [0.717, 1.165) is 11.3 Å². The van der Waals surface area contributed by atoms with Gasteiger partial charge in [0.15, 0.2) is 6.61 Å². The second-order valence-electron chi connectivity index (χ2n) is 5.39. The normalized spacial score (nSPS) is 9.76. The van der Waals surface area contributed by atoms with E-state index >= 15 is 0 Å². The minimum absolute atomic E-state index is 0.115. The molecule has 128 valence electrons. The summed E-state index contributed by atoms with van der Waals surface area (Å²) in [5.74, 6) is 1.00. The lowest BCUT2D eigenvalue weighted by atomic mass is 10.2. The van der Waals surface area contributed by atoms with Crippen LogP contribution >= 0.6 is 0 Å². The lowest BCUT2D eigenvalue weighted by molar-refractivity contribution is -0.132. The van der Waals surface area contributed by atoms with Crippen LogP contribution in [0.3, 0.4) is 0 Å². The van der Waals surface area contributed by atoms with Crippen molar-refractivity contribution in [1.82, 2.24) is 4.90 Å². The maximum absolute atomic E-state index is 12.2. The largest absolute Gasteiger partial charge is 0.490 e. The monoisotopic (exact) mass is 336 g/mol. The van der Waals surface area contributed by atoms with E-state index in [-0.39, 0.29) is 12.5 Å². The molecule has 5 heteroatoms. The van der Waals surface area contributed by atoms with Crippen molar-refractivity contribution in [2.24, 2.45) is 0 Å². The van der Waals surface area contributed by atoms with Gasteiger partial charge in [0.25, 0.3) is 5.91 Å². The van der Waals surface area contributed by atoms with E-state index in [1.165, 1.54) is 0 Å². The fraction of sp³-hybridized carbons (Fsp3) is 0.200. The Morgan fingerprint density at radius 3 is 2.60 bits per heavy atom. The Balaban J connectivity index is 1.87. The molecule has 2 rings (SSSR count). The van der Waals surface area contributed by atoms with Gasteiger partial charge in [-0.2, -0.15) is 5.26 Å². The maximum atomic E-state index is 12.2. The smallest absolute Gasteiger partial charge is 0.260 e. The van der Waals surface area contributed by atoms with Gasteiger partial charge < -0.3 is 14.4 Å². The summed E-state index contributed by atoms with van der Waals surface area (Å²) in [6.45, 7) is 4.41. The third kappa shape index (κ3) is 5.40. The minimum Gasteiger partial charge on any atom is -0.490 e. The molecule has 0 spiro atoms. The summed E-state index contributed by atoms with van der Waals surface area (Å²) in [4.78, 5) is 13.8. The fourth-order valence-electron chi connectivity index (χ4n) is 2.14. The first-order chi connectivity index (χ1) is 12.1. The van der Waals surface area contributed by atoms with Gasteiger partial charge in [-0.05, 0) is 29.8 Å². The van der Waals surface area contributed by atoms with Gasteiger partial charge in [0.2, 0.25) is 0 Å². The number of ether oxygens (including phenoxy) is 2. The molecule has 0 aliphatic rings. The number of amides is 1. The Labute approximate surface area is 147 Å². The van der Waals surface area contributed by atoms with Crippen molar-refractivity contribution >= 4 is 5.91 Å². The molecule has 0 saturated carbocycles. The number of hydrogen-bond acceptors (Lipinski definition) is 4. The summed E-state index contributed by atoms with van der Waals surface area (Å²) < 4.78 is 10.9. The molecule has 0 saturated heterocycles. The first-order valence-electron chi connectivity index (χ1n) is 7.82. The predicted molar refractivity (Wildman–Crippen MR) is 95.3 cm³/mol. The van der Waals surface area contributed by atoms with Crippen molar-refractivity contribution in [2.45, 2.75) is 6.54 Å². The van der Waals surface area contributed by atoms with Crippen LogP contribution < -0.4 is 9.47 Å². The molecule has 2 aromatic rings. The molecule has 1 amide bonds. The van der Waals surface area contributed by atoms with E-state index in [1.54, 1.807) is 42.3 Å². The SMILES string of the molecule is C=CCOc1ccc(CN(C)C(=O)COc2ccccc2C#N)cc1. The molecule has 0 aliphatic carbocycles. The number of benzene rings is 2. The summed E-state index contributed by atoms with van der Waals surface area (Å²) in [5.41, 5.74) is 1.40. The predicted octanol–water partition coefficient (Wildman–Crippen LogP) is 3.16. The van der Waals surface area contributed by atoms with E-state index in [4.69, 9.17) is 14.7 Å². The number of para-hydroxylation sites is 1. The molecule has 0 bridgehead atoms. The molecule has 5 nitrogen and oxygen atoms in total. The summed E-state index contributed by atoms with van der Waals surface area (Å²) in [7, 11) is 1.71. The van der Waals surface area contributed by atoms with Crippen LogP contribution in [0.5, 0.6) is 11.5 Å². The summed E-state index contributed by atoms with van der Waals surface area (Å²) in [6, 6.07) is 16.4. The second kappa shape index (κ2) is 9.14. The van der Waals surface area contributed by atoms with Gasteiger partial charge in [0.1, 0.15) is 24.2 Å². The zero-order valence-electron chi connectivity index (χ0n) is 14.1. The summed E-state index contributed by atoms with van der Waals surface area (Å²) in [5, 5.41) is 9.02. The first kappa shape index (κ1) is 18.1. The van der Waals surface area contributed by atoms with Crippen molar-refractivity contribution in [3.05, 3.63) is 72.3 Å². The highest BCUT2D eigenvalue weighted by Gasteiger charge is 2.11. The Bertz CT molecular complexity index is 763. The fourth-order valence-corrected chi connectivity index (χ4v) is 2.14. The molecular weight excluding hydrogens is 316 g/mol. The standard InChI is InChI=1S/C20H20N2O3/c1-3-12-24-18-10-8-16(9-11-18)14-22(2)20(23)15-25-19-7-5-4-6-17(19)13-21/h3-11H,1,12,14-15H2,2H3. The molecule has 0 aromatic heterocycles. The van der Waals surface area contributed by atoms with E-state index in [1.807, 2.05) is 30.3 Å². The Morgan fingerprint density at radius 2 is 1.92 bits per heavy atom. The van der Waals surface area contributed by atoms with Crippen LogP contribution in [-0.2, 0) is 11.3 Å². The van der Waals surface area contributed by atoms with Gasteiger partial charge in [-0.1, -0.05) is 36.9 Å². The molecule has 0 heterocycles. The highest BCUT2D eigenvalue weighted by atomic mass is 16.5. The lowest BCUT2D eigenvalue weighted by Crippen LogP contribution is -2.31. The highest BCUT2D eigenvalue weighted by molar-refractivity contribution is 5.77. The highest BCUT2D eigenvalue weighted by Crippen LogP contribution is 2.17. The van der Waals surface area contributed by atoms with E-state index in [0.29, 0.717) is 24.5 Å². The molecular formula is C20H20N2O3. The molecule has 0 fully saturated rings. The van der Waals surface area contributed by atoms with Gasteiger partial charge in [-0.3, -0.25) is 4.79 Å². The molecule has 0 radical (unpaired) electrons. The van der Waals surface area contributed by atoms with Crippen LogP contribution in [0.15, 0.2) is 61.2 Å². The van der Waals surface area contributed by atoms with Crippen LogP contribution in [-0.4, -0.2) is 31.1 Å². The molecule has 2 aromatic carbocycles. The topological polar surface area (TPSA) is 62.6 Å². The van der Waals surface area contributed by atoms with Crippen molar-refractivity contribution < 1.29 is 14.3 Å². The number of rotatable bonds is 8. The zero-order chi connectivity index (χ0) is 18.1. The minimum atomic E-state index is -0.167. The molecule has 25 heavy (non-hydrogen) atoms. The molecule has 0 N–H and O–H groups in total. The van der Waals surface area contributed by atoms with Crippen LogP contribution in [0.25, 0.3) is 0 Å². The van der Waals surface area contributed by atoms with Gasteiger partial charge in [0.05, 0.1) is 5.56 Å². The van der Waals surface area contributed by atoms with Crippen LogP contribution in [0.2, 0.25) is 0 Å². The van der Waals surface area contributed by atoms with Crippen molar-refractivity contribution in [3.8, 4) is 17.6 Å². The number of carbonyl (C=O) groups excluding carboxylic acids is 1.